The van der Waals surface area contributed by atoms with Crippen molar-refractivity contribution in [1.82, 2.24) is 20.2 Å². The van der Waals surface area contributed by atoms with Crippen molar-refractivity contribution in [1.29, 1.82) is 0 Å². The van der Waals surface area contributed by atoms with Crippen molar-refractivity contribution < 1.29 is 4.39 Å². The quantitative estimate of drug-likeness (QED) is 0.274. The van der Waals surface area contributed by atoms with E-state index in [0.717, 1.165) is 48.4 Å². The third-order valence-corrected chi connectivity index (χ3v) is 8.18. The summed E-state index contributed by atoms with van der Waals surface area (Å²) in [5, 5.41) is 7.87. The fourth-order valence-electron chi connectivity index (χ4n) is 5.38. The molecule has 0 aliphatic carbocycles. The summed E-state index contributed by atoms with van der Waals surface area (Å²) in [6.45, 7) is 4.89. The number of allylic oxidation sites excluding steroid dienone is 2. The lowest BCUT2D eigenvalue weighted by Crippen LogP contribution is -2.53. The van der Waals surface area contributed by atoms with Gasteiger partial charge in [-0.2, -0.15) is 0 Å². The minimum atomic E-state index is 0.355. The predicted octanol–water partition coefficient (Wildman–Crippen LogP) is 4.21. The standard InChI is InChI=1S/C30H36FN5S/c1-21(25-11-6-9-22-8-4-5-10-26(22)25)12-15-27-28(18-31)33-30(37-17-7-16-35(2)3)34-29(27)36-19-23-13-14-24(20-36)32-23/h4-6,8-12,15,18,23-24,32H,7,13-14,16-17,19-20H2,1-3H3/b21-12+,27-15+,28-18-. The maximum absolute atomic E-state index is 14.3. The Morgan fingerprint density at radius 1 is 1.11 bits per heavy atom. The van der Waals surface area contributed by atoms with Crippen LogP contribution in [0.25, 0.3) is 28.8 Å². The van der Waals surface area contributed by atoms with Gasteiger partial charge in [0.15, 0.2) is 5.16 Å². The smallest absolute Gasteiger partial charge is 0.190 e. The number of hydrogen-bond donors (Lipinski definition) is 1. The highest BCUT2D eigenvalue weighted by atomic mass is 32.2. The summed E-state index contributed by atoms with van der Waals surface area (Å²) in [7, 11) is 4.15. The Morgan fingerprint density at radius 3 is 2.62 bits per heavy atom. The number of aromatic nitrogens is 2. The maximum Gasteiger partial charge on any atom is 0.190 e. The van der Waals surface area contributed by atoms with Crippen LogP contribution in [0.4, 0.5) is 10.2 Å². The van der Waals surface area contributed by atoms with Crippen molar-refractivity contribution in [2.24, 2.45) is 0 Å². The summed E-state index contributed by atoms with van der Waals surface area (Å²) in [6, 6.07) is 15.7. The molecule has 2 saturated heterocycles. The molecule has 2 fully saturated rings. The molecule has 2 aliphatic heterocycles. The van der Waals surface area contributed by atoms with Gasteiger partial charge in [-0.1, -0.05) is 60.3 Å². The molecular weight excluding hydrogens is 481 g/mol. The molecule has 0 spiro atoms. The van der Waals surface area contributed by atoms with Gasteiger partial charge in [-0.15, -0.1) is 0 Å². The zero-order chi connectivity index (χ0) is 25.8. The van der Waals surface area contributed by atoms with Crippen LogP contribution in [0.1, 0.15) is 31.7 Å². The molecule has 0 radical (unpaired) electrons. The van der Waals surface area contributed by atoms with E-state index in [2.05, 4.69) is 89.7 Å². The van der Waals surface area contributed by atoms with E-state index in [-0.39, 0.29) is 0 Å². The van der Waals surface area contributed by atoms with Crippen LogP contribution in [0.5, 0.6) is 0 Å². The Balaban J connectivity index is 1.54. The average Bonchev–Trinajstić information content (AvgIpc) is 3.26. The van der Waals surface area contributed by atoms with Crippen molar-refractivity contribution in [3.05, 3.63) is 64.7 Å². The average molecular weight is 518 g/mol. The van der Waals surface area contributed by atoms with Crippen molar-refractivity contribution in [2.45, 2.75) is 43.4 Å². The highest BCUT2D eigenvalue weighted by molar-refractivity contribution is 7.99. The molecular formula is C30H36FN5S. The largest absolute Gasteiger partial charge is 0.353 e. The van der Waals surface area contributed by atoms with Gasteiger partial charge in [0.1, 0.15) is 17.5 Å². The summed E-state index contributed by atoms with van der Waals surface area (Å²) < 4.78 is 14.3. The Hall–Kier alpha value is -2.74. The molecule has 3 aromatic rings. The number of benzene rings is 2. The topological polar surface area (TPSA) is 44.3 Å². The van der Waals surface area contributed by atoms with Crippen molar-refractivity contribution in [3.63, 3.8) is 0 Å². The van der Waals surface area contributed by atoms with E-state index in [9.17, 15) is 4.39 Å². The summed E-state index contributed by atoms with van der Waals surface area (Å²) in [4.78, 5) is 14.1. The van der Waals surface area contributed by atoms with E-state index in [1.54, 1.807) is 11.8 Å². The number of nitrogens with one attached hydrogen (secondary N) is 1. The van der Waals surface area contributed by atoms with Crippen LogP contribution in [-0.2, 0) is 0 Å². The first-order chi connectivity index (χ1) is 18.0. The lowest BCUT2D eigenvalue weighted by Gasteiger charge is -2.34. The Labute approximate surface area is 223 Å². The Kier molecular flexibility index (Phi) is 8.23. The fraction of sp³-hybridized carbons (Fsp3) is 0.400. The summed E-state index contributed by atoms with van der Waals surface area (Å²) in [5.74, 6) is 1.74. The van der Waals surface area contributed by atoms with E-state index >= 15 is 0 Å². The van der Waals surface area contributed by atoms with E-state index < -0.39 is 0 Å². The predicted molar refractivity (Wildman–Crippen MR) is 155 cm³/mol. The van der Waals surface area contributed by atoms with E-state index in [4.69, 9.17) is 4.98 Å². The van der Waals surface area contributed by atoms with Crippen molar-refractivity contribution in [2.75, 3.05) is 44.4 Å². The van der Waals surface area contributed by atoms with Crippen LogP contribution < -0.4 is 20.8 Å². The fourth-order valence-corrected chi connectivity index (χ4v) is 6.15. The van der Waals surface area contributed by atoms with Gasteiger partial charge in [-0.25, -0.2) is 14.4 Å². The molecule has 3 heterocycles. The molecule has 1 aromatic heterocycles. The second-order valence-corrected chi connectivity index (χ2v) is 11.4. The van der Waals surface area contributed by atoms with Crippen LogP contribution in [0, 0.1) is 0 Å². The third kappa shape index (κ3) is 6.06. The molecule has 5 rings (SSSR count). The molecule has 5 nitrogen and oxygen atoms in total. The van der Waals surface area contributed by atoms with Gasteiger partial charge >= 0.3 is 0 Å². The molecule has 0 saturated carbocycles. The van der Waals surface area contributed by atoms with E-state index in [1.165, 1.54) is 29.2 Å². The van der Waals surface area contributed by atoms with Gasteiger partial charge in [-0.3, -0.25) is 0 Å². The van der Waals surface area contributed by atoms with Crippen LogP contribution in [-0.4, -0.2) is 66.4 Å². The number of nitrogens with zero attached hydrogens (tertiary/aromatic N) is 4. The Bertz CT molecular complexity index is 1390. The van der Waals surface area contributed by atoms with Gasteiger partial charge < -0.3 is 15.1 Å². The molecule has 7 heteroatoms. The number of anilines is 1. The van der Waals surface area contributed by atoms with Crippen LogP contribution in [0.2, 0.25) is 0 Å². The minimum Gasteiger partial charge on any atom is -0.353 e. The third-order valence-electron chi connectivity index (χ3n) is 7.25. The zero-order valence-corrected chi connectivity index (χ0v) is 22.8. The van der Waals surface area contributed by atoms with Gasteiger partial charge in [-0.05, 0) is 74.8 Å². The number of halogens is 1. The van der Waals surface area contributed by atoms with E-state index in [1.807, 2.05) is 6.08 Å². The molecule has 2 aromatic carbocycles. The Morgan fingerprint density at radius 2 is 1.86 bits per heavy atom. The maximum atomic E-state index is 14.3. The van der Waals surface area contributed by atoms with Gasteiger partial charge in [0.05, 0.1) is 0 Å². The lowest BCUT2D eigenvalue weighted by molar-refractivity contribution is 0.410. The number of rotatable bonds is 8. The number of fused-ring (bicyclic) bond motifs is 3. The summed E-state index contributed by atoms with van der Waals surface area (Å²) in [5.41, 5.74) is 2.30. The van der Waals surface area contributed by atoms with Gasteiger partial charge in [0.2, 0.25) is 0 Å². The van der Waals surface area contributed by atoms with Crippen molar-refractivity contribution >= 4 is 46.3 Å². The molecule has 2 atom stereocenters. The van der Waals surface area contributed by atoms with E-state index in [0.29, 0.717) is 28.9 Å². The monoisotopic (exact) mass is 517 g/mol. The first-order valence-electron chi connectivity index (χ1n) is 13.2. The second kappa shape index (κ2) is 11.8. The summed E-state index contributed by atoms with van der Waals surface area (Å²) in [6.07, 6.45) is 8.11. The SMILES string of the molecule is C\C(=C/C=c1/c(N2CC3CCC(C2)N3)nc(SCCCN(C)C)n/c1=C\F)c1cccc2ccccc12. The zero-order valence-electron chi connectivity index (χ0n) is 22.0. The van der Waals surface area contributed by atoms with Crippen LogP contribution in [0.3, 0.4) is 0 Å². The van der Waals surface area contributed by atoms with Crippen molar-refractivity contribution in [3.8, 4) is 0 Å². The minimum absolute atomic E-state index is 0.355. The molecule has 194 valence electrons. The first kappa shape index (κ1) is 25.9. The molecule has 0 amide bonds. The summed E-state index contributed by atoms with van der Waals surface area (Å²) >= 11 is 1.61. The lowest BCUT2D eigenvalue weighted by atomic mass is 9.99. The molecule has 2 unspecified atom stereocenters. The highest BCUT2D eigenvalue weighted by Gasteiger charge is 2.33. The molecule has 37 heavy (non-hydrogen) atoms. The number of hydrogen-bond acceptors (Lipinski definition) is 6. The van der Waals surface area contributed by atoms with Crippen LogP contribution >= 0.6 is 11.8 Å². The van der Waals surface area contributed by atoms with Gasteiger partial charge in [0.25, 0.3) is 0 Å². The van der Waals surface area contributed by atoms with Crippen LogP contribution in [0.15, 0.2) is 53.7 Å². The molecule has 1 N–H and O–H groups in total. The number of piperazine rings is 1. The van der Waals surface area contributed by atoms with Gasteiger partial charge in [0, 0.05) is 36.1 Å². The molecule has 2 bridgehead atoms. The normalized spacial score (nSPS) is 21.0. The second-order valence-electron chi connectivity index (χ2n) is 10.3. The first-order valence-corrected chi connectivity index (χ1v) is 14.1. The highest BCUT2D eigenvalue weighted by Crippen LogP contribution is 2.26. The molecule has 2 aliphatic rings. The number of thioether (sulfide) groups is 1.